The van der Waals surface area contributed by atoms with Gasteiger partial charge < -0.3 is 15.3 Å². The van der Waals surface area contributed by atoms with E-state index in [2.05, 4.69) is 24.2 Å². The molecule has 0 bridgehead atoms. The summed E-state index contributed by atoms with van der Waals surface area (Å²) in [7, 11) is 2.08. The van der Waals surface area contributed by atoms with Gasteiger partial charge in [-0.2, -0.15) is 0 Å². The fraction of sp³-hybridized carbons (Fsp3) is 1.00. The number of nitrogens with zero attached hydrogens (tertiary/aromatic N) is 1. The number of aliphatic hydroxyl groups is 1. The zero-order valence-electron chi connectivity index (χ0n) is 12.1. The monoisotopic (exact) mass is 254 g/mol. The van der Waals surface area contributed by atoms with Crippen molar-refractivity contribution in [2.24, 2.45) is 11.3 Å². The van der Waals surface area contributed by atoms with Crippen LogP contribution in [-0.4, -0.2) is 49.3 Å². The molecule has 2 unspecified atom stereocenters. The van der Waals surface area contributed by atoms with Crippen LogP contribution in [0.1, 0.15) is 45.4 Å². The minimum absolute atomic E-state index is 0.0493. The highest BCUT2D eigenvalue weighted by atomic mass is 16.3. The summed E-state index contributed by atoms with van der Waals surface area (Å²) in [6.45, 7) is 6.95. The van der Waals surface area contributed by atoms with E-state index in [0.717, 1.165) is 38.4 Å². The van der Waals surface area contributed by atoms with Gasteiger partial charge >= 0.3 is 0 Å². The number of rotatable bonds is 4. The zero-order chi connectivity index (χ0) is 13.0. The van der Waals surface area contributed by atoms with Gasteiger partial charge in [0.25, 0.3) is 0 Å². The van der Waals surface area contributed by atoms with Gasteiger partial charge in [-0.05, 0) is 44.1 Å². The highest BCUT2D eigenvalue weighted by Gasteiger charge is 2.36. The quantitative estimate of drug-likeness (QED) is 0.804. The first-order chi connectivity index (χ1) is 8.63. The van der Waals surface area contributed by atoms with E-state index in [-0.39, 0.29) is 6.10 Å². The lowest BCUT2D eigenvalue weighted by atomic mass is 9.69. The third kappa shape index (κ3) is 3.69. The van der Waals surface area contributed by atoms with Gasteiger partial charge in [0.05, 0.1) is 6.10 Å². The third-order valence-corrected chi connectivity index (χ3v) is 4.85. The van der Waals surface area contributed by atoms with E-state index >= 15 is 0 Å². The Balaban J connectivity index is 1.92. The maximum atomic E-state index is 9.60. The normalized spacial score (nSPS) is 35.8. The van der Waals surface area contributed by atoms with Gasteiger partial charge in [-0.25, -0.2) is 0 Å². The van der Waals surface area contributed by atoms with Gasteiger partial charge in [0.15, 0.2) is 0 Å². The molecule has 0 aromatic rings. The van der Waals surface area contributed by atoms with Gasteiger partial charge in [0.2, 0.25) is 0 Å². The van der Waals surface area contributed by atoms with E-state index in [4.69, 9.17) is 0 Å². The molecular weight excluding hydrogens is 224 g/mol. The van der Waals surface area contributed by atoms with E-state index in [9.17, 15) is 5.11 Å². The van der Waals surface area contributed by atoms with Crippen LogP contribution in [0.3, 0.4) is 0 Å². The largest absolute Gasteiger partial charge is 0.393 e. The summed E-state index contributed by atoms with van der Waals surface area (Å²) in [5.74, 6) is 0.877. The van der Waals surface area contributed by atoms with E-state index < -0.39 is 0 Å². The van der Waals surface area contributed by atoms with Crippen molar-refractivity contribution in [1.82, 2.24) is 10.2 Å². The lowest BCUT2D eigenvalue weighted by molar-refractivity contribution is 0.0349. The highest BCUT2D eigenvalue weighted by molar-refractivity contribution is 4.90. The molecule has 106 valence electrons. The van der Waals surface area contributed by atoms with Crippen LogP contribution in [-0.2, 0) is 0 Å². The molecule has 1 aliphatic carbocycles. The molecule has 2 N–H and O–H groups in total. The lowest BCUT2D eigenvalue weighted by Gasteiger charge is -2.44. The summed E-state index contributed by atoms with van der Waals surface area (Å²) >= 11 is 0. The van der Waals surface area contributed by atoms with Crippen LogP contribution in [0.5, 0.6) is 0 Å². The molecule has 0 aromatic heterocycles. The zero-order valence-corrected chi connectivity index (χ0v) is 12.1. The summed E-state index contributed by atoms with van der Waals surface area (Å²) in [6, 6.07) is 0. The van der Waals surface area contributed by atoms with Gasteiger partial charge in [0.1, 0.15) is 0 Å². The average molecular weight is 254 g/mol. The molecule has 0 spiro atoms. The van der Waals surface area contributed by atoms with Crippen molar-refractivity contribution in [1.29, 1.82) is 0 Å². The Kier molecular flexibility index (Phi) is 5.05. The van der Waals surface area contributed by atoms with Crippen LogP contribution >= 0.6 is 0 Å². The van der Waals surface area contributed by atoms with Gasteiger partial charge in [-0.15, -0.1) is 0 Å². The minimum atomic E-state index is -0.0493. The maximum Gasteiger partial charge on any atom is 0.0564 e. The van der Waals surface area contributed by atoms with Crippen LogP contribution in [0, 0.1) is 11.3 Å². The fourth-order valence-electron chi connectivity index (χ4n) is 4.06. The Labute approximate surface area is 112 Å². The maximum absolute atomic E-state index is 9.60. The van der Waals surface area contributed by atoms with Gasteiger partial charge in [0, 0.05) is 26.2 Å². The molecule has 0 radical (unpaired) electrons. The third-order valence-electron chi connectivity index (χ3n) is 4.85. The van der Waals surface area contributed by atoms with Crippen molar-refractivity contribution in [2.45, 2.75) is 51.6 Å². The molecular formula is C15H30N2O. The SMILES string of the molecule is CNCC1(CN2CCC(O)CC2)CCCC(C)C1. The summed E-state index contributed by atoms with van der Waals surface area (Å²) in [5, 5.41) is 13.0. The molecule has 1 saturated heterocycles. The average Bonchev–Trinajstić information content (AvgIpc) is 2.32. The number of hydrogen-bond donors (Lipinski definition) is 2. The molecule has 2 aliphatic rings. The molecule has 0 amide bonds. The Morgan fingerprint density at radius 1 is 1.28 bits per heavy atom. The molecule has 18 heavy (non-hydrogen) atoms. The number of nitrogens with one attached hydrogen (secondary N) is 1. The van der Waals surface area contributed by atoms with E-state index in [1.54, 1.807) is 0 Å². The number of aliphatic hydroxyl groups excluding tert-OH is 1. The standard InChI is InChI=1S/C15H30N2O/c1-13-4-3-7-15(10-13,11-16-2)12-17-8-5-14(18)6-9-17/h13-14,16,18H,3-12H2,1-2H3. The summed E-state index contributed by atoms with van der Waals surface area (Å²) in [6.07, 6.45) is 7.41. The van der Waals surface area contributed by atoms with E-state index in [1.807, 2.05) is 0 Å². The smallest absolute Gasteiger partial charge is 0.0564 e. The van der Waals surface area contributed by atoms with Crippen molar-refractivity contribution >= 4 is 0 Å². The van der Waals surface area contributed by atoms with E-state index in [0.29, 0.717) is 5.41 Å². The first-order valence-corrected chi connectivity index (χ1v) is 7.68. The second kappa shape index (κ2) is 6.36. The number of hydrogen-bond acceptors (Lipinski definition) is 3. The van der Waals surface area contributed by atoms with Gasteiger partial charge in [-0.1, -0.05) is 19.8 Å². The molecule has 2 fully saturated rings. The molecule has 1 aliphatic heterocycles. The molecule has 1 saturated carbocycles. The summed E-state index contributed by atoms with van der Waals surface area (Å²) in [5.41, 5.74) is 0.481. The second-order valence-electron chi connectivity index (χ2n) is 6.74. The predicted octanol–water partition coefficient (Wildman–Crippen LogP) is 1.86. The molecule has 2 atom stereocenters. The van der Waals surface area contributed by atoms with Crippen molar-refractivity contribution in [3.05, 3.63) is 0 Å². The molecule has 1 heterocycles. The van der Waals surface area contributed by atoms with E-state index in [1.165, 1.54) is 32.2 Å². The Hall–Kier alpha value is -0.120. The summed E-state index contributed by atoms with van der Waals surface area (Å²) in [4.78, 5) is 2.59. The van der Waals surface area contributed by atoms with Crippen LogP contribution < -0.4 is 5.32 Å². The van der Waals surface area contributed by atoms with Crippen LogP contribution in [0.15, 0.2) is 0 Å². The van der Waals surface area contributed by atoms with Crippen molar-refractivity contribution < 1.29 is 5.11 Å². The number of piperidine rings is 1. The lowest BCUT2D eigenvalue weighted by Crippen LogP contribution is -2.48. The van der Waals surface area contributed by atoms with Crippen LogP contribution in [0.4, 0.5) is 0 Å². The number of likely N-dealkylation sites (tertiary alicyclic amines) is 1. The van der Waals surface area contributed by atoms with Crippen molar-refractivity contribution in [2.75, 3.05) is 33.2 Å². The van der Waals surface area contributed by atoms with Crippen LogP contribution in [0.25, 0.3) is 0 Å². The van der Waals surface area contributed by atoms with Crippen LogP contribution in [0.2, 0.25) is 0 Å². The molecule has 2 rings (SSSR count). The fourth-order valence-corrected chi connectivity index (χ4v) is 4.06. The molecule has 3 nitrogen and oxygen atoms in total. The topological polar surface area (TPSA) is 35.5 Å². The highest BCUT2D eigenvalue weighted by Crippen LogP contribution is 2.40. The predicted molar refractivity (Wildman–Crippen MR) is 75.7 cm³/mol. The molecule has 0 aromatic carbocycles. The first-order valence-electron chi connectivity index (χ1n) is 7.68. The Bertz CT molecular complexity index is 247. The minimum Gasteiger partial charge on any atom is -0.393 e. The molecule has 3 heteroatoms. The van der Waals surface area contributed by atoms with Crippen molar-refractivity contribution in [3.8, 4) is 0 Å². The Morgan fingerprint density at radius 3 is 2.61 bits per heavy atom. The second-order valence-corrected chi connectivity index (χ2v) is 6.74. The summed E-state index contributed by atoms with van der Waals surface area (Å²) < 4.78 is 0. The van der Waals surface area contributed by atoms with Crippen molar-refractivity contribution in [3.63, 3.8) is 0 Å². The first kappa shape index (κ1) is 14.3. The van der Waals surface area contributed by atoms with Gasteiger partial charge in [-0.3, -0.25) is 0 Å². The Morgan fingerprint density at radius 2 is 2.00 bits per heavy atom.